The van der Waals surface area contributed by atoms with E-state index in [1.807, 2.05) is 0 Å². The maximum Gasteiger partial charge on any atom is 0.336 e. The van der Waals surface area contributed by atoms with E-state index in [4.69, 9.17) is 5.11 Å². The molecule has 19 heavy (non-hydrogen) atoms. The summed E-state index contributed by atoms with van der Waals surface area (Å²) in [6, 6.07) is 3.97. The van der Waals surface area contributed by atoms with Gasteiger partial charge < -0.3 is 5.11 Å². The highest BCUT2D eigenvalue weighted by Crippen LogP contribution is 2.31. The monoisotopic (exact) mass is 347 g/mol. The van der Waals surface area contributed by atoms with Crippen molar-refractivity contribution in [3.05, 3.63) is 28.2 Å². The van der Waals surface area contributed by atoms with Crippen LogP contribution in [-0.2, 0) is 10.0 Å². The summed E-state index contributed by atoms with van der Waals surface area (Å²) in [6.45, 7) is 0.394. The van der Waals surface area contributed by atoms with Gasteiger partial charge in [-0.25, -0.2) is 17.9 Å². The van der Waals surface area contributed by atoms with Gasteiger partial charge in [0.15, 0.2) is 0 Å². The minimum Gasteiger partial charge on any atom is -0.478 e. The Bertz CT molecular complexity index is 596. The number of sulfonamides is 1. The Labute approximate surface area is 120 Å². The molecule has 0 saturated heterocycles. The van der Waals surface area contributed by atoms with Crippen LogP contribution < -0.4 is 4.72 Å². The van der Waals surface area contributed by atoms with Crippen LogP contribution in [0.5, 0.6) is 0 Å². The largest absolute Gasteiger partial charge is 0.478 e. The van der Waals surface area contributed by atoms with Crippen molar-refractivity contribution >= 4 is 31.9 Å². The fraction of sp³-hybridized carbons (Fsp3) is 0.417. The molecule has 0 radical (unpaired) electrons. The highest BCUT2D eigenvalue weighted by molar-refractivity contribution is 9.10. The lowest BCUT2D eigenvalue weighted by Gasteiger charge is -2.08. The highest BCUT2D eigenvalue weighted by atomic mass is 79.9. The summed E-state index contributed by atoms with van der Waals surface area (Å²) in [5, 5.41) is 8.97. The molecule has 1 saturated carbocycles. The number of hydrogen-bond acceptors (Lipinski definition) is 3. The van der Waals surface area contributed by atoms with E-state index in [0.717, 1.165) is 12.5 Å². The second-order valence-electron chi connectivity index (χ2n) is 4.58. The van der Waals surface area contributed by atoms with Crippen LogP contribution in [0.3, 0.4) is 0 Å². The van der Waals surface area contributed by atoms with Gasteiger partial charge in [0.05, 0.1) is 10.5 Å². The lowest BCUT2D eigenvalue weighted by Crippen LogP contribution is -2.25. The van der Waals surface area contributed by atoms with Crippen molar-refractivity contribution in [2.45, 2.75) is 24.2 Å². The van der Waals surface area contributed by atoms with Gasteiger partial charge in [-0.15, -0.1) is 0 Å². The number of nitrogens with one attached hydrogen (secondary N) is 1. The number of halogens is 1. The molecule has 0 amide bonds. The van der Waals surface area contributed by atoms with Gasteiger partial charge in [0, 0.05) is 11.0 Å². The van der Waals surface area contributed by atoms with Crippen LogP contribution >= 0.6 is 15.9 Å². The molecule has 1 aliphatic carbocycles. The Morgan fingerprint density at radius 1 is 1.42 bits per heavy atom. The van der Waals surface area contributed by atoms with Crippen LogP contribution in [0.2, 0.25) is 0 Å². The van der Waals surface area contributed by atoms with Crippen LogP contribution in [0.15, 0.2) is 27.6 Å². The van der Waals surface area contributed by atoms with Crippen LogP contribution in [0, 0.1) is 5.92 Å². The molecule has 7 heteroatoms. The summed E-state index contributed by atoms with van der Waals surface area (Å²) in [4.78, 5) is 10.9. The van der Waals surface area contributed by atoms with Crippen LogP contribution in [-0.4, -0.2) is 26.0 Å². The predicted molar refractivity (Wildman–Crippen MR) is 73.6 cm³/mol. The van der Waals surface area contributed by atoms with Crippen molar-refractivity contribution in [2.24, 2.45) is 5.92 Å². The summed E-state index contributed by atoms with van der Waals surface area (Å²) in [5.74, 6) is -0.524. The SMILES string of the molecule is O=C(O)c1cc(S(=O)(=O)NCCC2CC2)ccc1Br. The van der Waals surface area contributed by atoms with E-state index in [2.05, 4.69) is 20.7 Å². The average Bonchev–Trinajstić information content (AvgIpc) is 3.12. The third-order valence-corrected chi connectivity index (χ3v) is 5.17. The molecule has 0 unspecified atom stereocenters. The second kappa shape index (κ2) is 5.60. The van der Waals surface area contributed by atoms with E-state index in [9.17, 15) is 13.2 Å². The predicted octanol–water partition coefficient (Wildman–Crippen LogP) is 2.23. The first kappa shape index (κ1) is 14.5. The van der Waals surface area contributed by atoms with Crippen molar-refractivity contribution in [3.8, 4) is 0 Å². The van der Waals surface area contributed by atoms with Gasteiger partial charge >= 0.3 is 5.97 Å². The third kappa shape index (κ3) is 3.77. The van der Waals surface area contributed by atoms with Crippen molar-refractivity contribution in [1.82, 2.24) is 4.72 Å². The molecular formula is C12H14BrNO4S. The zero-order valence-electron chi connectivity index (χ0n) is 10.1. The smallest absolute Gasteiger partial charge is 0.336 e. The fourth-order valence-electron chi connectivity index (χ4n) is 1.72. The van der Waals surface area contributed by atoms with Crippen molar-refractivity contribution in [3.63, 3.8) is 0 Å². The Morgan fingerprint density at radius 3 is 2.68 bits per heavy atom. The van der Waals surface area contributed by atoms with Crippen LogP contribution in [0.4, 0.5) is 0 Å². The minimum absolute atomic E-state index is 0.0242. The van der Waals surface area contributed by atoms with E-state index in [1.165, 1.54) is 25.0 Å². The summed E-state index contributed by atoms with van der Waals surface area (Å²) in [5.41, 5.74) is -0.0648. The Hall–Kier alpha value is -0.920. The molecular weight excluding hydrogens is 334 g/mol. The molecule has 0 heterocycles. The minimum atomic E-state index is -3.64. The molecule has 0 aliphatic heterocycles. The molecule has 1 aliphatic rings. The molecule has 1 aromatic rings. The van der Waals surface area contributed by atoms with Gasteiger partial charge in [-0.05, 0) is 46.5 Å². The number of rotatable bonds is 6. The summed E-state index contributed by atoms with van der Waals surface area (Å²) in [7, 11) is -3.64. The molecule has 5 nitrogen and oxygen atoms in total. The number of carboxylic acids is 1. The Balaban J connectivity index is 2.14. The first-order chi connectivity index (χ1) is 8.90. The lowest BCUT2D eigenvalue weighted by atomic mass is 10.2. The number of carbonyl (C=O) groups is 1. The van der Waals surface area contributed by atoms with Gasteiger partial charge in [-0.1, -0.05) is 12.8 Å². The number of aromatic carboxylic acids is 1. The Morgan fingerprint density at radius 2 is 2.11 bits per heavy atom. The summed E-state index contributed by atoms with van der Waals surface area (Å²) < 4.78 is 26.9. The lowest BCUT2D eigenvalue weighted by molar-refractivity contribution is 0.0695. The summed E-state index contributed by atoms with van der Waals surface area (Å²) >= 11 is 3.08. The average molecular weight is 348 g/mol. The molecule has 0 atom stereocenters. The second-order valence-corrected chi connectivity index (χ2v) is 7.20. The zero-order valence-corrected chi connectivity index (χ0v) is 12.5. The number of benzene rings is 1. The zero-order chi connectivity index (χ0) is 14.0. The van der Waals surface area contributed by atoms with E-state index >= 15 is 0 Å². The topological polar surface area (TPSA) is 83.5 Å². The third-order valence-electron chi connectivity index (χ3n) is 3.02. The number of carboxylic acid groups (broad SMARTS) is 1. The van der Waals surface area contributed by atoms with Gasteiger partial charge in [0.25, 0.3) is 0 Å². The molecule has 1 fully saturated rings. The summed E-state index contributed by atoms with van der Waals surface area (Å²) in [6.07, 6.45) is 3.17. The van der Waals surface area contributed by atoms with Crippen molar-refractivity contribution in [2.75, 3.05) is 6.54 Å². The van der Waals surface area contributed by atoms with E-state index in [-0.39, 0.29) is 10.5 Å². The maximum absolute atomic E-state index is 12.0. The maximum atomic E-state index is 12.0. The first-order valence-corrected chi connectivity index (χ1v) is 8.20. The molecule has 0 bridgehead atoms. The molecule has 104 valence electrons. The van der Waals surface area contributed by atoms with Gasteiger partial charge in [-0.2, -0.15) is 0 Å². The van der Waals surface area contributed by atoms with E-state index < -0.39 is 16.0 Å². The van der Waals surface area contributed by atoms with Crippen LogP contribution in [0.1, 0.15) is 29.6 Å². The van der Waals surface area contributed by atoms with Gasteiger partial charge in [0.1, 0.15) is 0 Å². The van der Waals surface area contributed by atoms with Crippen molar-refractivity contribution in [1.29, 1.82) is 0 Å². The van der Waals surface area contributed by atoms with Gasteiger partial charge in [0.2, 0.25) is 10.0 Å². The molecule has 2 rings (SSSR count). The first-order valence-electron chi connectivity index (χ1n) is 5.92. The quantitative estimate of drug-likeness (QED) is 0.826. The Kier molecular flexibility index (Phi) is 4.27. The molecule has 0 spiro atoms. The van der Waals surface area contributed by atoms with Gasteiger partial charge in [-0.3, -0.25) is 0 Å². The molecule has 0 aromatic heterocycles. The molecule has 1 aromatic carbocycles. The van der Waals surface area contributed by atoms with E-state index in [0.29, 0.717) is 16.9 Å². The number of hydrogen-bond donors (Lipinski definition) is 2. The fourth-order valence-corrected chi connectivity index (χ4v) is 3.21. The van der Waals surface area contributed by atoms with E-state index in [1.54, 1.807) is 0 Å². The normalized spacial score (nSPS) is 15.4. The van der Waals surface area contributed by atoms with Crippen molar-refractivity contribution < 1.29 is 18.3 Å². The van der Waals surface area contributed by atoms with Crippen LogP contribution in [0.25, 0.3) is 0 Å². The molecule has 2 N–H and O–H groups in total. The standard InChI is InChI=1S/C12H14BrNO4S/c13-11-4-3-9(7-10(11)12(15)16)19(17,18)14-6-5-8-1-2-8/h3-4,7-8,14H,1-2,5-6H2,(H,15,16). The highest BCUT2D eigenvalue weighted by Gasteiger charge is 2.22.